The Morgan fingerprint density at radius 1 is 1.44 bits per heavy atom. The van der Waals surface area contributed by atoms with Gasteiger partial charge < -0.3 is 16.1 Å². The van der Waals surface area contributed by atoms with Gasteiger partial charge in [0.25, 0.3) is 0 Å². The topological polar surface area (TPSA) is 105 Å². The minimum Gasteiger partial charge on any atom is -0.361 e. The highest BCUT2D eigenvalue weighted by Gasteiger charge is 2.03. The zero-order valence-corrected chi connectivity index (χ0v) is 9.37. The van der Waals surface area contributed by atoms with Crippen molar-refractivity contribution in [3.05, 3.63) is 11.9 Å². The highest BCUT2D eigenvalue weighted by Crippen LogP contribution is 2.10. The van der Waals surface area contributed by atoms with E-state index in [0.717, 1.165) is 0 Å². The van der Waals surface area contributed by atoms with E-state index in [9.17, 15) is 4.79 Å². The number of carbonyl (C=O) groups excluding carboxylic acids is 1. The van der Waals surface area contributed by atoms with E-state index >= 15 is 0 Å². The molecule has 0 saturated heterocycles. The normalized spacial score (nSPS) is 9.69. The van der Waals surface area contributed by atoms with Crippen molar-refractivity contribution in [1.29, 1.82) is 0 Å². The van der Waals surface area contributed by atoms with Crippen LogP contribution < -0.4 is 21.9 Å². The lowest BCUT2D eigenvalue weighted by Crippen LogP contribution is -2.26. The summed E-state index contributed by atoms with van der Waals surface area (Å²) in [7, 11) is 1.58. The molecule has 5 N–H and O–H groups in total. The number of likely N-dealkylation sites (N-methyl/N-ethyl adjacent to an activating group) is 1. The predicted octanol–water partition coefficient (Wildman–Crippen LogP) is -0.517. The Balaban J connectivity index is 2.74. The molecule has 0 saturated carbocycles. The first-order valence-corrected chi connectivity index (χ1v) is 4.98. The molecule has 88 valence electrons. The molecule has 0 aliphatic carbocycles. The van der Waals surface area contributed by atoms with Gasteiger partial charge in [0.05, 0.1) is 6.54 Å². The molecule has 0 radical (unpaired) electrons. The number of nitrogens with two attached hydrogens (primary N) is 1. The molecule has 1 aromatic heterocycles. The molecule has 0 aromatic carbocycles. The molecule has 0 aliphatic rings. The fourth-order valence-electron chi connectivity index (χ4n) is 1.08. The highest BCUT2D eigenvalue weighted by atomic mass is 16.1. The molecule has 7 nitrogen and oxygen atoms in total. The summed E-state index contributed by atoms with van der Waals surface area (Å²) in [6.45, 7) is 2.11. The maximum absolute atomic E-state index is 11.0. The predicted molar refractivity (Wildman–Crippen MR) is 61.8 cm³/mol. The smallest absolute Gasteiger partial charge is 0.239 e. The van der Waals surface area contributed by atoms with E-state index in [1.54, 1.807) is 13.1 Å². The van der Waals surface area contributed by atoms with Gasteiger partial charge in [-0.25, -0.2) is 15.8 Å². The van der Waals surface area contributed by atoms with Crippen LogP contribution in [0.25, 0.3) is 0 Å². The van der Waals surface area contributed by atoms with Gasteiger partial charge in [-0.05, 0) is 0 Å². The molecule has 1 rings (SSSR count). The van der Waals surface area contributed by atoms with Gasteiger partial charge >= 0.3 is 0 Å². The lowest BCUT2D eigenvalue weighted by Gasteiger charge is -2.08. The lowest BCUT2D eigenvalue weighted by molar-refractivity contribution is -0.118. The van der Waals surface area contributed by atoms with Gasteiger partial charge in [-0.3, -0.25) is 4.79 Å². The molecule has 1 aromatic rings. The average Bonchev–Trinajstić information content (AvgIpc) is 2.35. The van der Waals surface area contributed by atoms with Crippen LogP contribution in [0.3, 0.4) is 0 Å². The standard InChI is InChI=1S/C9H16N6O/c1-3-6-13-7(4-8(14-6)15-10)12-5-9(16)11-2/h4H,3,5,10H2,1-2H3,(H,11,16)(H2,12,13,14,15). The first kappa shape index (κ1) is 12.2. The zero-order valence-electron chi connectivity index (χ0n) is 9.37. The minimum atomic E-state index is -0.112. The van der Waals surface area contributed by atoms with E-state index in [1.165, 1.54) is 0 Å². The monoisotopic (exact) mass is 224 g/mol. The summed E-state index contributed by atoms with van der Waals surface area (Å²) in [4.78, 5) is 19.4. The fourth-order valence-corrected chi connectivity index (χ4v) is 1.08. The molecule has 0 aliphatic heterocycles. The molecular formula is C9H16N6O. The number of nitrogen functional groups attached to an aromatic ring is 1. The Kier molecular flexibility index (Phi) is 4.46. The van der Waals surface area contributed by atoms with Crippen molar-refractivity contribution in [2.45, 2.75) is 13.3 Å². The number of hydrogen-bond acceptors (Lipinski definition) is 6. The Morgan fingerprint density at radius 3 is 2.69 bits per heavy atom. The van der Waals surface area contributed by atoms with Crippen LogP contribution in [0.2, 0.25) is 0 Å². The number of aromatic nitrogens is 2. The van der Waals surface area contributed by atoms with Crippen LogP contribution in [0.5, 0.6) is 0 Å². The van der Waals surface area contributed by atoms with Crippen molar-refractivity contribution < 1.29 is 4.79 Å². The third-order valence-corrected chi connectivity index (χ3v) is 1.95. The van der Waals surface area contributed by atoms with Gasteiger partial charge in [-0.1, -0.05) is 6.92 Å². The van der Waals surface area contributed by atoms with Crippen molar-refractivity contribution in [1.82, 2.24) is 15.3 Å². The van der Waals surface area contributed by atoms with Crippen LogP contribution in [0.15, 0.2) is 6.07 Å². The van der Waals surface area contributed by atoms with E-state index in [2.05, 4.69) is 26.0 Å². The number of aryl methyl sites for hydroxylation is 1. The molecule has 7 heteroatoms. The Morgan fingerprint density at radius 2 is 2.12 bits per heavy atom. The summed E-state index contributed by atoms with van der Waals surface area (Å²) in [6, 6.07) is 1.64. The van der Waals surface area contributed by atoms with Crippen LogP contribution >= 0.6 is 0 Å². The third-order valence-electron chi connectivity index (χ3n) is 1.95. The fraction of sp³-hybridized carbons (Fsp3) is 0.444. The van der Waals surface area contributed by atoms with Gasteiger partial charge in [-0.15, -0.1) is 0 Å². The molecule has 0 unspecified atom stereocenters. The molecule has 0 spiro atoms. The maximum Gasteiger partial charge on any atom is 0.239 e. The van der Waals surface area contributed by atoms with Crippen molar-refractivity contribution >= 4 is 17.5 Å². The molecule has 1 heterocycles. The SMILES string of the molecule is CCc1nc(NN)cc(NCC(=O)NC)n1. The van der Waals surface area contributed by atoms with E-state index in [-0.39, 0.29) is 12.5 Å². The number of carbonyl (C=O) groups is 1. The van der Waals surface area contributed by atoms with Crippen LogP contribution in [-0.4, -0.2) is 29.5 Å². The maximum atomic E-state index is 11.0. The summed E-state index contributed by atoms with van der Waals surface area (Å²) < 4.78 is 0. The quantitative estimate of drug-likeness (QED) is 0.396. The summed E-state index contributed by atoms with van der Waals surface area (Å²) in [5, 5.41) is 5.39. The lowest BCUT2D eigenvalue weighted by atomic mass is 10.4. The molecule has 0 fully saturated rings. The molecule has 16 heavy (non-hydrogen) atoms. The van der Waals surface area contributed by atoms with Crippen LogP contribution in [-0.2, 0) is 11.2 Å². The average molecular weight is 224 g/mol. The number of hydrogen-bond donors (Lipinski definition) is 4. The Hall–Kier alpha value is -1.89. The van der Waals surface area contributed by atoms with E-state index in [0.29, 0.717) is 23.9 Å². The van der Waals surface area contributed by atoms with Crippen molar-refractivity contribution in [2.24, 2.45) is 5.84 Å². The molecule has 0 bridgehead atoms. The number of anilines is 2. The van der Waals surface area contributed by atoms with Gasteiger partial charge in [0, 0.05) is 19.5 Å². The first-order valence-electron chi connectivity index (χ1n) is 4.98. The number of amides is 1. The van der Waals surface area contributed by atoms with E-state index in [4.69, 9.17) is 5.84 Å². The zero-order chi connectivity index (χ0) is 12.0. The summed E-state index contributed by atoms with van der Waals surface area (Å²) in [5.74, 6) is 6.92. The second kappa shape index (κ2) is 5.86. The van der Waals surface area contributed by atoms with Gasteiger partial charge in [0.1, 0.15) is 17.5 Å². The molecule has 1 amide bonds. The second-order valence-corrected chi connectivity index (χ2v) is 3.08. The van der Waals surface area contributed by atoms with Gasteiger partial charge in [0.2, 0.25) is 5.91 Å². The summed E-state index contributed by atoms with van der Waals surface area (Å²) in [6.07, 6.45) is 0.699. The van der Waals surface area contributed by atoms with E-state index < -0.39 is 0 Å². The summed E-state index contributed by atoms with van der Waals surface area (Å²) in [5.41, 5.74) is 2.45. The molecular weight excluding hydrogens is 208 g/mol. The third kappa shape index (κ3) is 3.35. The number of nitrogens with zero attached hydrogens (tertiary/aromatic N) is 2. The minimum absolute atomic E-state index is 0.112. The largest absolute Gasteiger partial charge is 0.361 e. The van der Waals surface area contributed by atoms with Crippen LogP contribution in [0, 0.1) is 0 Å². The molecule has 0 atom stereocenters. The van der Waals surface area contributed by atoms with Crippen LogP contribution in [0.1, 0.15) is 12.7 Å². The van der Waals surface area contributed by atoms with E-state index in [1.807, 2.05) is 6.92 Å². The van der Waals surface area contributed by atoms with Gasteiger partial charge in [-0.2, -0.15) is 0 Å². The number of nitrogens with one attached hydrogen (secondary N) is 3. The Labute approximate surface area is 93.8 Å². The van der Waals surface area contributed by atoms with Crippen molar-refractivity contribution in [3.8, 4) is 0 Å². The Bertz CT molecular complexity index is 345. The second-order valence-electron chi connectivity index (χ2n) is 3.08. The number of rotatable bonds is 5. The highest BCUT2D eigenvalue weighted by molar-refractivity contribution is 5.80. The first-order chi connectivity index (χ1) is 7.69. The summed E-state index contributed by atoms with van der Waals surface area (Å²) >= 11 is 0. The number of hydrazine groups is 1. The van der Waals surface area contributed by atoms with Crippen molar-refractivity contribution in [2.75, 3.05) is 24.3 Å². The van der Waals surface area contributed by atoms with Gasteiger partial charge in [0.15, 0.2) is 0 Å². The van der Waals surface area contributed by atoms with Crippen molar-refractivity contribution in [3.63, 3.8) is 0 Å². The van der Waals surface area contributed by atoms with Crippen LogP contribution in [0.4, 0.5) is 11.6 Å².